The van der Waals surface area contributed by atoms with Crippen molar-refractivity contribution in [3.8, 4) is 11.5 Å². The van der Waals surface area contributed by atoms with Crippen molar-refractivity contribution >= 4 is 5.91 Å². The predicted octanol–water partition coefficient (Wildman–Crippen LogP) is 2.26. The molecular formula is C16H25NO4. The van der Waals surface area contributed by atoms with Crippen LogP contribution in [0.1, 0.15) is 39.2 Å². The molecule has 118 valence electrons. The lowest BCUT2D eigenvalue weighted by atomic mass is 10.1. The van der Waals surface area contributed by atoms with Crippen molar-refractivity contribution in [2.45, 2.75) is 52.4 Å². The van der Waals surface area contributed by atoms with Gasteiger partial charge in [0, 0.05) is 6.04 Å². The summed E-state index contributed by atoms with van der Waals surface area (Å²) in [5.74, 6) is 0.839. The smallest absolute Gasteiger partial charge is 0.260 e. The van der Waals surface area contributed by atoms with Crippen molar-refractivity contribution in [3.05, 3.63) is 23.8 Å². The quantitative estimate of drug-likeness (QED) is 0.772. The van der Waals surface area contributed by atoms with Crippen LogP contribution in [0.25, 0.3) is 0 Å². The van der Waals surface area contributed by atoms with Crippen molar-refractivity contribution in [1.29, 1.82) is 0 Å². The zero-order valence-electron chi connectivity index (χ0n) is 13.2. The molecule has 1 aromatic rings. The van der Waals surface area contributed by atoms with Gasteiger partial charge in [0.2, 0.25) is 0 Å². The van der Waals surface area contributed by atoms with Gasteiger partial charge in [-0.2, -0.15) is 0 Å². The summed E-state index contributed by atoms with van der Waals surface area (Å²) in [6.45, 7) is 5.68. The minimum atomic E-state index is -0.631. The van der Waals surface area contributed by atoms with Crippen LogP contribution in [0, 0.1) is 0 Å². The topological polar surface area (TPSA) is 67.8 Å². The molecule has 1 amide bonds. The van der Waals surface area contributed by atoms with E-state index in [4.69, 9.17) is 9.47 Å². The maximum atomic E-state index is 12.1. The van der Waals surface area contributed by atoms with Crippen LogP contribution in [0.2, 0.25) is 0 Å². The molecule has 0 heterocycles. The van der Waals surface area contributed by atoms with Gasteiger partial charge in [-0.25, -0.2) is 0 Å². The largest absolute Gasteiger partial charge is 0.493 e. The Balaban J connectivity index is 2.77. The van der Waals surface area contributed by atoms with Crippen molar-refractivity contribution in [1.82, 2.24) is 5.32 Å². The SMILES string of the molecule is CCC(CC)NC(=O)C(C)Oc1cc(CO)ccc1OC. The third-order valence-corrected chi connectivity index (χ3v) is 3.42. The van der Waals surface area contributed by atoms with Gasteiger partial charge in [-0.05, 0) is 37.5 Å². The molecule has 21 heavy (non-hydrogen) atoms. The zero-order chi connectivity index (χ0) is 15.8. The summed E-state index contributed by atoms with van der Waals surface area (Å²) in [5, 5.41) is 12.1. The minimum absolute atomic E-state index is 0.0886. The summed E-state index contributed by atoms with van der Waals surface area (Å²) < 4.78 is 10.9. The van der Waals surface area contributed by atoms with Gasteiger partial charge in [0.15, 0.2) is 17.6 Å². The second-order valence-corrected chi connectivity index (χ2v) is 4.93. The van der Waals surface area contributed by atoms with Crippen LogP contribution in [0.4, 0.5) is 0 Å². The van der Waals surface area contributed by atoms with Gasteiger partial charge in [-0.1, -0.05) is 19.9 Å². The van der Waals surface area contributed by atoms with Gasteiger partial charge >= 0.3 is 0 Å². The van der Waals surface area contributed by atoms with E-state index in [0.717, 1.165) is 12.8 Å². The number of rotatable bonds is 8. The fourth-order valence-electron chi connectivity index (χ4n) is 1.97. The Morgan fingerprint density at radius 2 is 1.95 bits per heavy atom. The van der Waals surface area contributed by atoms with Gasteiger partial charge in [-0.3, -0.25) is 4.79 Å². The molecule has 0 aliphatic rings. The van der Waals surface area contributed by atoms with E-state index >= 15 is 0 Å². The van der Waals surface area contributed by atoms with Crippen LogP contribution in [-0.2, 0) is 11.4 Å². The fraction of sp³-hybridized carbons (Fsp3) is 0.562. The molecule has 0 aliphatic carbocycles. The number of amides is 1. The zero-order valence-corrected chi connectivity index (χ0v) is 13.2. The molecule has 0 saturated heterocycles. The lowest BCUT2D eigenvalue weighted by molar-refractivity contribution is -0.128. The number of methoxy groups -OCH3 is 1. The number of benzene rings is 1. The number of hydrogen-bond donors (Lipinski definition) is 2. The molecule has 1 rings (SSSR count). The van der Waals surface area contributed by atoms with Gasteiger partial charge in [-0.15, -0.1) is 0 Å². The Hall–Kier alpha value is -1.75. The summed E-state index contributed by atoms with van der Waals surface area (Å²) in [5.41, 5.74) is 0.707. The Bertz CT molecular complexity index is 458. The number of aliphatic hydroxyl groups is 1. The van der Waals surface area contributed by atoms with E-state index in [2.05, 4.69) is 5.32 Å². The van der Waals surface area contributed by atoms with E-state index in [1.807, 2.05) is 13.8 Å². The van der Waals surface area contributed by atoms with Crippen molar-refractivity contribution in [3.63, 3.8) is 0 Å². The van der Waals surface area contributed by atoms with E-state index < -0.39 is 6.10 Å². The van der Waals surface area contributed by atoms with Crippen molar-refractivity contribution < 1.29 is 19.4 Å². The molecule has 0 fully saturated rings. The van der Waals surface area contributed by atoms with Crippen LogP contribution >= 0.6 is 0 Å². The molecule has 2 N–H and O–H groups in total. The maximum absolute atomic E-state index is 12.1. The van der Waals surface area contributed by atoms with Crippen molar-refractivity contribution in [2.24, 2.45) is 0 Å². The Morgan fingerprint density at radius 3 is 2.48 bits per heavy atom. The van der Waals surface area contributed by atoms with Crippen molar-refractivity contribution in [2.75, 3.05) is 7.11 Å². The van der Waals surface area contributed by atoms with E-state index in [-0.39, 0.29) is 18.6 Å². The predicted molar refractivity (Wildman–Crippen MR) is 81.5 cm³/mol. The molecule has 0 aliphatic heterocycles. The Kier molecular flexibility index (Phi) is 7.02. The van der Waals surface area contributed by atoms with E-state index in [9.17, 15) is 9.90 Å². The first-order valence-corrected chi connectivity index (χ1v) is 7.30. The number of nitrogens with one attached hydrogen (secondary N) is 1. The van der Waals surface area contributed by atoms with Crippen LogP contribution in [0.3, 0.4) is 0 Å². The highest BCUT2D eigenvalue weighted by Gasteiger charge is 2.19. The van der Waals surface area contributed by atoms with Crippen LogP contribution in [0.5, 0.6) is 11.5 Å². The van der Waals surface area contributed by atoms with Crippen LogP contribution < -0.4 is 14.8 Å². The molecule has 5 heteroatoms. The van der Waals surface area contributed by atoms with Gasteiger partial charge in [0.05, 0.1) is 13.7 Å². The van der Waals surface area contributed by atoms with E-state index in [1.54, 1.807) is 25.1 Å². The summed E-state index contributed by atoms with van der Waals surface area (Å²) in [7, 11) is 1.54. The average molecular weight is 295 g/mol. The normalized spacial score (nSPS) is 12.1. The van der Waals surface area contributed by atoms with Gasteiger partial charge in [0.1, 0.15) is 0 Å². The van der Waals surface area contributed by atoms with Gasteiger partial charge < -0.3 is 19.9 Å². The highest BCUT2D eigenvalue weighted by molar-refractivity contribution is 5.81. The third kappa shape index (κ3) is 4.93. The molecule has 0 bridgehead atoms. The molecule has 0 radical (unpaired) electrons. The molecule has 1 aromatic carbocycles. The first-order valence-electron chi connectivity index (χ1n) is 7.30. The number of carbonyl (C=O) groups is 1. The molecule has 5 nitrogen and oxygen atoms in total. The summed E-state index contributed by atoms with van der Waals surface area (Å²) in [6, 6.07) is 5.31. The summed E-state index contributed by atoms with van der Waals surface area (Å²) >= 11 is 0. The first-order chi connectivity index (χ1) is 10.0. The highest BCUT2D eigenvalue weighted by Crippen LogP contribution is 2.29. The number of carbonyl (C=O) groups excluding carboxylic acids is 1. The molecule has 1 unspecified atom stereocenters. The molecule has 0 spiro atoms. The van der Waals surface area contributed by atoms with E-state index in [1.165, 1.54) is 7.11 Å². The third-order valence-electron chi connectivity index (χ3n) is 3.42. The summed E-state index contributed by atoms with van der Waals surface area (Å²) in [6.07, 6.45) is 1.14. The minimum Gasteiger partial charge on any atom is -0.493 e. The van der Waals surface area contributed by atoms with E-state index in [0.29, 0.717) is 17.1 Å². The molecule has 1 atom stereocenters. The molecule has 0 saturated carbocycles. The Morgan fingerprint density at radius 1 is 1.29 bits per heavy atom. The lowest BCUT2D eigenvalue weighted by Gasteiger charge is -2.20. The standard InChI is InChI=1S/C16H25NO4/c1-5-13(6-2)17-16(19)11(3)21-15-9-12(10-18)7-8-14(15)20-4/h7-9,11,13,18H,5-6,10H2,1-4H3,(H,17,19). The average Bonchev–Trinajstić information content (AvgIpc) is 2.51. The number of hydrogen-bond acceptors (Lipinski definition) is 4. The highest BCUT2D eigenvalue weighted by atomic mass is 16.5. The fourth-order valence-corrected chi connectivity index (χ4v) is 1.97. The molecule has 0 aromatic heterocycles. The van der Waals surface area contributed by atoms with Gasteiger partial charge in [0.25, 0.3) is 5.91 Å². The maximum Gasteiger partial charge on any atom is 0.260 e. The van der Waals surface area contributed by atoms with Crippen LogP contribution in [-0.4, -0.2) is 30.3 Å². The Labute approximate surface area is 126 Å². The second kappa shape index (κ2) is 8.52. The monoisotopic (exact) mass is 295 g/mol. The number of aliphatic hydroxyl groups excluding tert-OH is 1. The number of ether oxygens (including phenoxy) is 2. The summed E-state index contributed by atoms with van der Waals surface area (Å²) in [4.78, 5) is 12.1. The molecular weight excluding hydrogens is 270 g/mol. The lowest BCUT2D eigenvalue weighted by Crippen LogP contribution is -2.42. The van der Waals surface area contributed by atoms with Crippen LogP contribution in [0.15, 0.2) is 18.2 Å². The second-order valence-electron chi connectivity index (χ2n) is 4.93. The first kappa shape index (κ1) is 17.3.